The number of hydrogen-bond donors (Lipinski definition) is 1. The van der Waals surface area contributed by atoms with Crippen molar-refractivity contribution in [2.45, 2.75) is 32.1 Å². The average molecular weight is 439 g/mol. The molecule has 3 rings (SSSR count). The summed E-state index contributed by atoms with van der Waals surface area (Å²) in [6.07, 6.45) is 2.24. The van der Waals surface area contributed by atoms with Gasteiger partial charge in [-0.3, -0.25) is 4.99 Å². The van der Waals surface area contributed by atoms with E-state index in [0.717, 1.165) is 31.0 Å². The highest BCUT2D eigenvalue weighted by molar-refractivity contribution is 5.80. The first-order chi connectivity index (χ1) is 14.8. The third kappa shape index (κ3) is 6.05. The highest BCUT2D eigenvalue weighted by Gasteiger charge is 2.30. The summed E-state index contributed by atoms with van der Waals surface area (Å²) in [6.45, 7) is 3.03. The number of alkyl halides is 3. The Morgan fingerprint density at radius 2 is 2.13 bits per heavy atom. The summed E-state index contributed by atoms with van der Waals surface area (Å²) in [4.78, 5) is 10.8. The summed E-state index contributed by atoms with van der Waals surface area (Å²) in [5.41, 5.74) is 0.842. The molecule has 0 saturated carbocycles. The Morgan fingerprint density at radius 3 is 2.77 bits per heavy atom. The Balaban J connectivity index is 1.62. The molecule has 1 aliphatic heterocycles. The van der Waals surface area contributed by atoms with Gasteiger partial charge in [-0.05, 0) is 30.0 Å². The lowest BCUT2D eigenvalue weighted by Gasteiger charge is -2.39. The quantitative estimate of drug-likeness (QED) is 0.552. The van der Waals surface area contributed by atoms with E-state index in [1.54, 1.807) is 25.4 Å². The summed E-state index contributed by atoms with van der Waals surface area (Å²) in [7, 11) is 3.14. The SMILES string of the molecule is CN=C(NCc1ccc(OCC(F)(F)F)c(OC)c1)N1CCC(C)C(n2ccnc2)C1. The van der Waals surface area contributed by atoms with Gasteiger partial charge in [0, 0.05) is 39.1 Å². The van der Waals surface area contributed by atoms with Gasteiger partial charge < -0.3 is 24.3 Å². The minimum absolute atomic E-state index is 0.0566. The van der Waals surface area contributed by atoms with E-state index in [4.69, 9.17) is 9.47 Å². The van der Waals surface area contributed by atoms with Crippen LogP contribution in [0.2, 0.25) is 0 Å². The van der Waals surface area contributed by atoms with Crippen LogP contribution < -0.4 is 14.8 Å². The zero-order chi connectivity index (χ0) is 22.4. The molecular formula is C21H28F3N5O2. The smallest absolute Gasteiger partial charge is 0.422 e. The van der Waals surface area contributed by atoms with Gasteiger partial charge in [0.2, 0.25) is 0 Å². The lowest BCUT2D eigenvalue weighted by molar-refractivity contribution is -0.153. The van der Waals surface area contributed by atoms with Crippen molar-refractivity contribution in [2.75, 3.05) is 33.9 Å². The molecule has 2 heterocycles. The molecule has 0 radical (unpaired) electrons. The van der Waals surface area contributed by atoms with E-state index in [-0.39, 0.29) is 11.5 Å². The van der Waals surface area contributed by atoms with Crippen LogP contribution in [0.4, 0.5) is 13.2 Å². The van der Waals surface area contributed by atoms with Crippen molar-refractivity contribution in [2.24, 2.45) is 10.9 Å². The molecule has 0 aliphatic carbocycles. The van der Waals surface area contributed by atoms with E-state index < -0.39 is 12.8 Å². The van der Waals surface area contributed by atoms with Crippen LogP contribution in [0.25, 0.3) is 0 Å². The number of halogens is 3. The number of piperidine rings is 1. The number of hydrogen-bond acceptors (Lipinski definition) is 4. The maximum absolute atomic E-state index is 12.4. The molecule has 170 valence electrons. The van der Waals surface area contributed by atoms with Crippen LogP contribution >= 0.6 is 0 Å². The summed E-state index contributed by atoms with van der Waals surface area (Å²) in [5.74, 6) is 1.61. The Morgan fingerprint density at radius 1 is 1.32 bits per heavy atom. The summed E-state index contributed by atoms with van der Waals surface area (Å²) >= 11 is 0. The molecule has 31 heavy (non-hydrogen) atoms. The van der Waals surface area contributed by atoms with Gasteiger partial charge in [0.05, 0.1) is 19.5 Å². The van der Waals surface area contributed by atoms with Crippen molar-refractivity contribution in [3.8, 4) is 11.5 Å². The van der Waals surface area contributed by atoms with Crippen LogP contribution in [0.5, 0.6) is 11.5 Å². The summed E-state index contributed by atoms with van der Waals surface area (Å²) in [6, 6.07) is 5.17. The molecule has 1 aromatic carbocycles. The molecule has 2 aromatic rings. The van der Waals surface area contributed by atoms with Crippen LogP contribution in [-0.4, -0.2) is 60.4 Å². The van der Waals surface area contributed by atoms with E-state index in [0.29, 0.717) is 18.5 Å². The second kappa shape index (κ2) is 9.93. The standard InChI is InChI=1S/C21H28F3N5O2/c1-15-6-8-28(12-17(15)29-9-7-26-14-29)20(25-2)27-11-16-4-5-18(19(10-16)30-3)31-13-21(22,23)24/h4-5,7,9-10,14-15,17H,6,8,11-13H2,1-3H3,(H,25,27). The van der Waals surface area contributed by atoms with Crippen molar-refractivity contribution in [3.63, 3.8) is 0 Å². The molecule has 1 saturated heterocycles. The Kier molecular flexibility index (Phi) is 7.29. The highest BCUT2D eigenvalue weighted by atomic mass is 19.4. The number of methoxy groups -OCH3 is 1. The van der Waals surface area contributed by atoms with Gasteiger partial charge in [-0.15, -0.1) is 0 Å². The lowest BCUT2D eigenvalue weighted by atomic mass is 9.93. The minimum Gasteiger partial charge on any atom is -0.493 e. The van der Waals surface area contributed by atoms with Crippen molar-refractivity contribution in [1.82, 2.24) is 19.8 Å². The van der Waals surface area contributed by atoms with E-state index in [2.05, 4.69) is 31.7 Å². The van der Waals surface area contributed by atoms with Gasteiger partial charge in [-0.1, -0.05) is 13.0 Å². The van der Waals surface area contributed by atoms with Crippen LogP contribution in [0.1, 0.15) is 24.9 Å². The maximum atomic E-state index is 12.4. The number of aliphatic imine (C=N–C) groups is 1. The average Bonchev–Trinajstić information content (AvgIpc) is 3.28. The first-order valence-corrected chi connectivity index (χ1v) is 10.1. The third-order valence-electron chi connectivity index (χ3n) is 5.41. The number of guanidine groups is 1. The number of likely N-dealkylation sites (tertiary alicyclic amines) is 1. The predicted molar refractivity (Wildman–Crippen MR) is 111 cm³/mol. The van der Waals surface area contributed by atoms with Crippen LogP contribution in [0.3, 0.4) is 0 Å². The first kappa shape index (κ1) is 22.8. The summed E-state index contributed by atoms with van der Waals surface area (Å²) < 4.78 is 49.4. The molecular weight excluding hydrogens is 411 g/mol. The molecule has 2 unspecified atom stereocenters. The predicted octanol–water partition coefficient (Wildman–Crippen LogP) is 3.49. The number of benzene rings is 1. The monoisotopic (exact) mass is 439 g/mol. The first-order valence-electron chi connectivity index (χ1n) is 10.1. The number of imidazole rings is 1. The molecule has 1 aliphatic rings. The minimum atomic E-state index is -4.40. The zero-order valence-electron chi connectivity index (χ0n) is 17.9. The second-order valence-electron chi connectivity index (χ2n) is 7.58. The van der Waals surface area contributed by atoms with Gasteiger partial charge >= 0.3 is 6.18 Å². The van der Waals surface area contributed by atoms with Gasteiger partial charge in [0.25, 0.3) is 0 Å². The molecule has 7 nitrogen and oxygen atoms in total. The molecule has 2 atom stereocenters. The van der Waals surface area contributed by atoms with Gasteiger partial charge in [0.15, 0.2) is 24.1 Å². The highest BCUT2D eigenvalue weighted by Crippen LogP contribution is 2.30. The molecule has 0 amide bonds. The number of nitrogens with zero attached hydrogens (tertiary/aromatic N) is 4. The normalized spacial score (nSPS) is 19.9. The maximum Gasteiger partial charge on any atom is 0.422 e. The fourth-order valence-corrected chi connectivity index (χ4v) is 3.71. The topological polar surface area (TPSA) is 63.9 Å². The van der Waals surface area contributed by atoms with Gasteiger partial charge in [-0.25, -0.2) is 4.98 Å². The van der Waals surface area contributed by atoms with Crippen molar-refractivity contribution in [1.29, 1.82) is 0 Å². The fraction of sp³-hybridized carbons (Fsp3) is 0.524. The molecule has 1 aromatic heterocycles. The Bertz CT molecular complexity index is 870. The largest absolute Gasteiger partial charge is 0.493 e. The van der Waals surface area contributed by atoms with Gasteiger partial charge in [-0.2, -0.15) is 13.2 Å². The van der Waals surface area contributed by atoms with E-state index in [1.165, 1.54) is 13.2 Å². The van der Waals surface area contributed by atoms with E-state index >= 15 is 0 Å². The van der Waals surface area contributed by atoms with Crippen LogP contribution in [-0.2, 0) is 6.54 Å². The third-order valence-corrected chi connectivity index (χ3v) is 5.41. The van der Waals surface area contributed by atoms with Crippen molar-refractivity contribution in [3.05, 3.63) is 42.5 Å². The van der Waals surface area contributed by atoms with Crippen LogP contribution in [0, 0.1) is 5.92 Å². The number of nitrogens with one attached hydrogen (secondary N) is 1. The van der Waals surface area contributed by atoms with Crippen LogP contribution in [0.15, 0.2) is 41.9 Å². The van der Waals surface area contributed by atoms with E-state index in [1.807, 2.05) is 12.5 Å². The molecule has 10 heteroatoms. The van der Waals surface area contributed by atoms with Gasteiger partial charge in [0.1, 0.15) is 0 Å². The number of aromatic nitrogens is 2. The lowest BCUT2D eigenvalue weighted by Crippen LogP contribution is -2.48. The number of ether oxygens (including phenoxy) is 2. The fourth-order valence-electron chi connectivity index (χ4n) is 3.71. The summed E-state index contributed by atoms with van der Waals surface area (Å²) in [5, 5.41) is 3.34. The zero-order valence-corrected chi connectivity index (χ0v) is 17.9. The number of rotatable bonds is 6. The Labute approximate surface area is 179 Å². The Hall–Kier alpha value is -2.91. The molecule has 0 spiro atoms. The van der Waals surface area contributed by atoms with Crippen molar-refractivity contribution < 1.29 is 22.6 Å². The van der Waals surface area contributed by atoms with Crippen molar-refractivity contribution >= 4 is 5.96 Å². The second-order valence-corrected chi connectivity index (χ2v) is 7.58. The van der Waals surface area contributed by atoms with E-state index in [9.17, 15) is 13.2 Å². The molecule has 1 fully saturated rings. The molecule has 1 N–H and O–H groups in total. The molecule has 0 bridgehead atoms.